The van der Waals surface area contributed by atoms with Gasteiger partial charge in [-0.3, -0.25) is 14.8 Å². The first kappa shape index (κ1) is 27.1. The van der Waals surface area contributed by atoms with Gasteiger partial charge in [0.25, 0.3) is 5.91 Å². The van der Waals surface area contributed by atoms with Crippen LogP contribution in [0.25, 0.3) is 22.2 Å². The first-order valence-electron chi connectivity index (χ1n) is 12.8. The standard InChI is InChI=1S/C29H28F2N4O5/c1-33-8-3-11-38-25-15-21-18(14-24(25)37-2)22(6-9-34-21)40-28-19(30)12-16(13-20(28)31)27-26(29(32)36)23(7-10-35-27)39-17-4-5-17/h6-7,9-10,12-15,17,33H,3-5,8,11H2,1-2H3,(H2,32,36). The summed E-state index contributed by atoms with van der Waals surface area (Å²) in [7, 11) is 3.36. The van der Waals surface area contributed by atoms with Gasteiger partial charge in [-0.2, -0.15) is 0 Å². The second kappa shape index (κ2) is 11.7. The van der Waals surface area contributed by atoms with E-state index >= 15 is 8.78 Å². The molecule has 1 aliphatic rings. The number of nitrogens with one attached hydrogen (secondary N) is 1. The van der Waals surface area contributed by atoms with Crippen LogP contribution in [0.5, 0.6) is 28.7 Å². The summed E-state index contributed by atoms with van der Waals surface area (Å²) in [5, 5.41) is 3.52. The van der Waals surface area contributed by atoms with Gasteiger partial charge in [-0.25, -0.2) is 8.78 Å². The molecule has 1 amide bonds. The van der Waals surface area contributed by atoms with E-state index in [4.69, 9.17) is 24.7 Å². The van der Waals surface area contributed by atoms with Crippen molar-refractivity contribution in [3.8, 4) is 40.0 Å². The Morgan fingerprint density at radius 1 is 1.02 bits per heavy atom. The van der Waals surface area contributed by atoms with Gasteiger partial charge in [0.2, 0.25) is 0 Å². The molecule has 2 aromatic heterocycles. The maximum atomic E-state index is 15.3. The van der Waals surface area contributed by atoms with Gasteiger partial charge >= 0.3 is 0 Å². The van der Waals surface area contributed by atoms with Crippen LogP contribution in [0, 0.1) is 11.6 Å². The molecular formula is C29H28F2N4O5. The van der Waals surface area contributed by atoms with Crippen molar-refractivity contribution in [2.24, 2.45) is 5.73 Å². The van der Waals surface area contributed by atoms with Crippen molar-refractivity contribution in [2.45, 2.75) is 25.4 Å². The quantitative estimate of drug-likeness (QED) is 0.237. The molecule has 9 nitrogen and oxygen atoms in total. The molecule has 40 heavy (non-hydrogen) atoms. The lowest BCUT2D eigenvalue weighted by Crippen LogP contribution is -2.16. The highest BCUT2D eigenvalue weighted by Crippen LogP contribution is 2.40. The molecule has 0 bridgehead atoms. The smallest absolute Gasteiger partial charge is 0.254 e. The number of pyridine rings is 2. The predicted octanol–water partition coefficient (Wildman–Crippen LogP) is 5.00. The van der Waals surface area contributed by atoms with Crippen LogP contribution in [0.3, 0.4) is 0 Å². The van der Waals surface area contributed by atoms with Crippen molar-refractivity contribution in [3.05, 3.63) is 66.0 Å². The average molecular weight is 551 g/mol. The van der Waals surface area contributed by atoms with Crippen LogP contribution in [-0.4, -0.2) is 49.3 Å². The summed E-state index contributed by atoms with van der Waals surface area (Å²) in [5.41, 5.74) is 6.05. The largest absolute Gasteiger partial charge is 0.493 e. The van der Waals surface area contributed by atoms with Crippen molar-refractivity contribution in [3.63, 3.8) is 0 Å². The van der Waals surface area contributed by atoms with Crippen molar-refractivity contribution < 1.29 is 32.5 Å². The van der Waals surface area contributed by atoms with Crippen LogP contribution in [-0.2, 0) is 0 Å². The number of nitrogens with zero attached hydrogens (tertiary/aromatic N) is 2. The molecule has 0 radical (unpaired) electrons. The summed E-state index contributed by atoms with van der Waals surface area (Å²) >= 11 is 0. The van der Waals surface area contributed by atoms with Crippen LogP contribution in [0.2, 0.25) is 0 Å². The Hall–Kier alpha value is -4.51. The molecule has 2 heterocycles. The third-order valence-electron chi connectivity index (χ3n) is 6.28. The van der Waals surface area contributed by atoms with E-state index < -0.39 is 23.3 Å². The van der Waals surface area contributed by atoms with Crippen LogP contribution >= 0.6 is 0 Å². The van der Waals surface area contributed by atoms with Gasteiger partial charge in [-0.15, -0.1) is 0 Å². The molecule has 11 heteroatoms. The van der Waals surface area contributed by atoms with Crippen molar-refractivity contribution in [1.29, 1.82) is 0 Å². The number of methoxy groups -OCH3 is 1. The van der Waals surface area contributed by atoms with Crippen molar-refractivity contribution in [1.82, 2.24) is 15.3 Å². The van der Waals surface area contributed by atoms with E-state index in [0.717, 1.165) is 37.9 Å². The van der Waals surface area contributed by atoms with E-state index in [0.29, 0.717) is 29.0 Å². The lowest BCUT2D eigenvalue weighted by molar-refractivity contribution is 0.0996. The normalized spacial score (nSPS) is 12.8. The van der Waals surface area contributed by atoms with Gasteiger partial charge in [0, 0.05) is 29.4 Å². The summed E-state index contributed by atoms with van der Waals surface area (Å²) in [4.78, 5) is 20.8. The average Bonchev–Trinajstić information content (AvgIpc) is 3.76. The summed E-state index contributed by atoms with van der Waals surface area (Å²) < 4.78 is 53.5. The number of hydrogen-bond acceptors (Lipinski definition) is 8. The Labute approximate surface area is 229 Å². The third-order valence-corrected chi connectivity index (χ3v) is 6.28. The van der Waals surface area contributed by atoms with Gasteiger partial charge < -0.3 is 30.0 Å². The molecule has 0 unspecified atom stereocenters. The van der Waals surface area contributed by atoms with Crippen molar-refractivity contribution in [2.75, 3.05) is 27.3 Å². The molecular weight excluding hydrogens is 522 g/mol. The number of aromatic nitrogens is 2. The second-order valence-corrected chi connectivity index (χ2v) is 9.22. The molecule has 0 aliphatic heterocycles. The maximum absolute atomic E-state index is 15.3. The van der Waals surface area contributed by atoms with Crippen LogP contribution < -0.4 is 30.0 Å². The zero-order valence-corrected chi connectivity index (χ0v) is 22.0. The minimum absolute atomic E-state index is 0.0105. The summed E-state index contributed by atoms with van der Waals surface area (Å²) in [6.45, 7) is 1.26. The van der Waals surface area contributed by atoms with E-state index in [1.165, 1.54) is 31.6 Å². The monoisotopic (exact) mass is 550 g/mol. The van der Waals surface area contributed by atoms with Gasteiger partial charge in [-0.05, 0) is 63.2 Å². The second-order valence-electron chi connectivity index (χ2n) is 9.22. The Kier molecular flexibility index (Phi) is 7.92. The number of primary amides is 1. The lowest BCUT2D eigenvalue weighted by Gasteiger charge is -2.15. The van der Waals surface area contributed by atoms with Crippen LogP contribution in [0.1, 0.15) is 29.6 Å². The first-order chi connectivity index (χ1) is 19.4. The maximum Gasteiger partial charge on any atom is 0.254 e. The summed E-state index contributed by atoms with van der Waals surface area (Å²) in [6.07, 6.45) is 5.34. The molecule has 5 rings (SSSR count). The number of hydrogen-bond donors (Lipinski definition) is 2. The number of carbonyl (C=O) groups is 1. The first-order valence-corrected chi connectivity index (χ1v) is 12.8. The van der Waals surface area contributed by atoms with Crippen LogP contribution in [0.15, 0.2) is 48.8 Å². The number of nitrogens with two attached hydrogens (primary N) is 1. The van der Waals surface area contributed by atoms with E-state index in [-0.39, 0.29) is 34.4 Å². The van der Waals surface area contributed by atoms with E-state index in [2.05, 4.69) is 15.3 Å². The molecule has 1 fully saturated rings. The fourth-order valence-corrected chi connectivity index (χ4v) is 4.19. The summed E-state index contributed by atoms with van der Waals surface area (Å²) in [5.74, 6) is -2.15. The van der Waals surface area contributed by atoms with Gasteiger partial charge in [0.05, 0.1) is 31.0 Å². The Morgan fingerprint density at radius 3 is 2.42 bits per heavy atom. The molecule has 1 aliphatic carbocycles. The van der Waals surface area contributed by atoms with E-state index in [9.17, 15) is 4.79 Å². The fraction of sp³-hybridized carbons (Fsp3) is 0.276. The Bertz CT molecular complexity index is 1540. The van der Waals surface area contributed by atoms with Gasteiger partial charge in [0.1, 0.15) is 17.1 Å². The lowest BCUT2D eigenvalue weighted by atomic mass is 10.0. The highest BCUT2D eigenvalue weighted by Gasteiger charge is 2.28. The number of amides is 1. The van der Waals surface area contributed by atoms with E-state index in [1.807, 2.05) is 7.05 Å². The molecule has 1 saturated carbocycles. The zero-order chi connectivity index (χ0) is 28.2. The number of benzene rings is 2. The highest BCUT2D eigenvalue weighted by molar-refractivity contribution is 6.01. The third kappa shape index (κ3) is 5.74. The number of halogens is 2. The number of ether oxygens (including phenoxy) is 4. The molecule has 208 valence electrons. The predicted molar refractivity (Wildman–Crippen MR) is 144 cm³/mol. The SMILES string of the molecule is CNCCCOc1cc2nccc(Oc3c(F)cc(-c4nccc(OC5CC5)c4C(N)=O)cc3F)c2cc1OC. The van der Waals surface area contributed by atoms with E-state index in [1.54, 1.807) is 12.1 Å². The van der Waals surface area contributed by atoms with Gasteiger partial charge in [-0.1, -0.05) is 0 Å². The number of carbonyl (C=O) groups excluding carboxylic acids is 1. The molecule has 2 aromatic carbocycles. The molecule has 4 aromatic rings. The Balaban J connectivity index is 1.47. The number of rotatable bonds is 12. The fourth-order valence-electron chi connectivity index (χ4n) is 4.19. The molecule has 0 spiro atoms. The van der Waals surface area contributed by atoms with Gasteiger partial charge in [0.15, 0.2) is 28.9 Å². The number of fused-ring (bicyclic) bond motifs is 1. The van der Waals surface area contributed by atoms with Crippen LogP contribution in [0.4, 0.5) is 8.78 Å². The Morgan fingerprint density at radius 2 is 1.75 bits per heavy atom. The zero-order valence-electron chi connectivity index (χ0n) is 22.0. The minimum atomic E-state index is -0.998. The molecule has 0 atom stereocenters. The highest BCUT2D eigenvalue weighted by atomic mass is 19.1. The van der Waals surface area contributed by atoms with Crippen molar-refractivity contribution >= 4 is 16.8 Å². The molecule has 3 N–H and O–H groups in total. The topological polar surface area (TPSA) is 118 Å². The summed E-state index contributed by atoms with van der Waals surface area (Å²) in [6, 6.07) is 8.40. The minimum Gasteiger partial charge on any atom is -0.493 e. The molecule has 0 saturated heterocycles.